The van der Waals surface area contributed by atoms with Crippen LogP contribution in [0.15, 0.2) is 39.5 Å². The minimum Gasteiger partial charge on any atom is -0.504 e. The number of carbonyl (C=O) groups is 4. The lowest BCUT2D eigenvalue weighted by Gasteiger charge is -2.41. The molecule has 6 unspecified atom stereocenters. The highest BCUT2D eigenvalue weighted by molar-refractivity contribution is 6.10. The summed E-state index contributed by atoms with van der Waals surface area (Å²) in [4.78, 5) is 64.7. The number of ketones is 1. The Hall–Kier alpha value is -6.97. The smallest absolute Gasteiger partial charge is 0.344 e. The Morgan fingerprint density at radius 3 is 1.76 bits per heavy atom. The van der Waals surface area contributed by atoms with Crippen LogP contribution in [0.4, 0.5) is 0 Å². The Labute approximate surface area is 297 Å². The number of ether oxygens (including phenoxy) is 4. The van der Waals surface area contributed by atoms with E-state index in [0.29, 0.717) is 24.3 Å². The molecule has 21 nitrogen and oxygen atoms in total. The number of carbonyl (C=O) groups excluding carboxylic acids is 4. The van der Waals surface area contributed by atoms with Gasteiger partial charge in [-0.05, 0) is 30.3 Å². The number of phenols is 9. The van der Waals surface area contributed by atoms with Gasteiger partial charge in [0.05, 0.1) is 22.4 Å². The van der Waals surface area contributed by atoms with Crippen LogP contribution in [0.25, 0.3) is 10.8 Å². The van der Waals surface area contributed by atoms with Crippen LogP contribution >= 0.6 is 0 Å². The predicted octanol–water partition coefficient (Wildman–Crippen LogP) is -0.114. The highest BCUT2D eigenvalue weighted by Gasteiger charge is 2.50. The monoisotopic (exact) mass is 758 g/mol. The van der Waals surface area contributed by atoms with Crippen molar-refractivity contribution < 1.29 is 98.7 Å². The molecule has 0 saturated carbocycles. The molecule has 1 fully saturated rings. The Kier molecular flexibility index (Phi) is 9.23. The molecule has 2 aliphatic rings. The number of esters is 3. The van der Waals surface area contributed by atoms with Crippen molar-refractivity contribution in [3.8, 4) is 51.7 Å². The second-order valence-corrected chi connectivity index (χ2v) is 12.0. The summed E-state index contributed by atoms with van der Waals surface area (Å²) in [7, 11) is 0. The fourth-order valence-electron chi connectivity index (χ4n) is 5.87. The lowest BCUT2D eigenvalue weighted by Crippen LogP contribution is -2.61. The molecule has 6 atom stereocenters. The summed E-state index contributed by atoms with van der Waals surface area (Å²) in [6, 6.07) is 3.35. The molecule has 4 aromatic rings. The van der Waals surface area contributed by atoms with Gasteiger partial charge in [-0.25, -0.2) is 14.4 Å². The minimum absolute atomic E-state index is 0.396. The van der Waals surface area contributed by atoms with Crippen molar-refractivity contribution in [3.05, 3.63) is 63.2 Å². The van der Waals surface area contributed by atoms with E-state index in [1.54, 1.807) is 0 Å². The van der Waals surface area contributed by atoms with Crippen molar-refractivity contribution in [2.75, 3.05) is 6.61 Å². The summed E-state index contributed by atoms with van der Waals surface area (Å²) in [5, 5.41) is 110. The Balaban J connectivity index is 1.29. The number of hydrogen-bond donors (Lipinski definition) is 11. The number of benzene rings is 3. The van der Waals surface area contributed by atoms with Crippen molar-refractivity contribution in [2.24, 2.45) is 0 Å². The summed E-state index contributed by atoms with van der Waals surface area (Å²) < 4.78 is 26.1. The van der Waals surface area contributed by atoms with Gasteiger partial charge in [0.2, 0.25) is 12.0 Å². The topological polar surface area (TPSA) is 358 Å². The van der Waals surface area contributed by atoms with Crippen LogP contribution in [0, 0.1) is 0 Å². The zero-order chi connectivity index (χ0) is 39.5. The van der Waals surface area contributed by atoms with Crippen molar-refractivity contribution in [1.82, 2.24) is 0 Å². The standard InChI is InChI=1S/C33H26O21/c34-12-1-8(2-13(35)21(12)40)29(46)53-28-24(43)18(51-33(26(28)45)54-30(47)9-3-14(36)22(41)15(37)4-9)7-50-31(48)11-6-17(39)27-20(11)19-10(32(49)52-27)5-16(38)23(42)25(19)44/h1-5,11,18,24,26,28,33-38,40-45H,6-7H2. The van der Waals surface area contributed by atoms with Gasteiger partial charge in [-0.3, -0.25) is 9.59 Å². The molecule has 284 valence electrons. The van der Waals surface area contributed by atoms with Crippen molar-refractivity contribution >= 4 is 34.5 Å². The van der Waals surface area contributed by atoms with Gasteiger partial charge in [0.25, 0.3) is 0 Å². The normalized spacial score (nSPS) is 22.1. The Morgan fingerprint density at radius 2 is 1.20 bits per heavy atom. The number of aromatic hydroxyl groups is 9. The number of aliphatic hydroxyl groups excluding tert-OH is 2. The van der Waals surface area contributed by atoms with Crippen molar-refractivity contribution in [1.29, 1.82) is 0 Å². The molecular formula is C33H26O21. The molecule has 3 aromatic carbocycles. The lowest BCUT2D eigenvalue weighted by atomic mass is 9.96. The van der Waals surface area contributed by atoms with Gasteiger partial charge < -0.3 is 79.5 Å². The second kappa shape index (κ2) is 13.5. The van der Waals surface area contributed by atoms with E-state index in [1.165, 1.54) is 0 Å². The highest BCUT2D eigenvalue weighted by atomic mass is 16.7. The van der Waals surface area contributed by atoms with Crippen LogP contribution < -0.4 is 5.63 Å². The maximum absolute atomic E-state index is 13.4. The first-order chi connectivity index (χ1) is 25.4. The highest BCUT2D eigenvalue weighted by Crippen LogP contribution is 2.47. The van der Waals surface area contributed by atoms with E-state index in [-0.39, 0.29) is 0 Å². The first-order valence-corrected chi connectivity index (χ1v) is 15.3. The summed E-state index contributed by atoms with van der Waals surface area (Å²) in [6.45, 7) is -1.02. The average molecular weight is 759 g/mol. The van der Waals surface area contributed by atoms with Gasteiger partial charge >= 0.3 is 23.5 Å². The van der Waals surface area contributed by atoms with E-state index in [1.807, 2.05) is 0 Å². The number of aliphatic hydroxyl groups is 2. The van der Waals surface area contributed by atoms with Gasteiger partial charge in [-0.15, -0.1) is 0 Å². The first kappa shape index (κ1) is 36.8. The molecule has 11 N–H and O–H groups in total. The molecule has 0 spiro atoms. The summed E-state index contributed by atoms with van der Waals surface area (Å²) >= 11 is 0. The average Bonchev–Trinajstić information content (AvgIpc) is 3.45. The van der Waals surface area contributed by atoms with E-state index in [2.05, 4.69) is 0 Å². The molecule has 1 aliphatic carbocycles. The van der Waals surface area contributed by atoms with Crippen LogP contribution in [-0.4, -0.2) is 117 Å². The third kappa shape index (κ3) is 6.27. The van der Waals surface area contributed by atoms with Crippen LogP contribution in [0.2, 0.25) is 0 Å². The van der Waals surface area contributed by atoms with E-state index in [9.17, 15) is 80.1 Å². The third-order valence-electron chi connectivity index (χ3n) is 8.57. The van der Waals surface area contributed by atoms with Gasteiger partial charge in [-0.1, -0.05) is 0 Å². The minimum atomic E-state index is -2.26. The fraction of sp³-hybridized carbons (Fsp3) is 0.242. The van der Waals surface area contributed by atoms with E-state index in [4.69, 9.17) is 23.4 Å². The fourth-order valence-corrected chi connectivity index (χ4v) is 5.87. The largest absolute Gasteiger partial charge is 0.504 e. The van der Waals surface area contributed by atoms with Gasteiger partial charge in [-0.2, -0.15) is 0 Å². The zero-order valence-corrected chi connectivity index (χ0v) is 26.8. The van der Waals surface area contributed by atoms with Crippen LogP contribution in [0.1, 0.15) is 49.2 Å². The molecule has 1 saturated heterocycles. The second-order valence-electron chi connectivity index (χ2n) is 12.0. The molecule has 0 radical (unpaired) electrons. The quantitative estimate of drug-likeness (QED) is 0.0665. The van der Waals surface area contributed by atoms with Gasteiger partial charge in [0.1, 0.15) is 18.8 Å². The molecule has 54 heavy (non-hydrogen) atoms. The first-order valence-electron chi connectivity index (χ1n) is 15.3. The lowest BCUT2D eigenvalue weighted by molar-refractivity contribution is -0.285. The van der Waals surface area contributed by atoms with Crippen LogP contribution in [-0.2, 0) is 23.7 Å². The van der Waals surface area contributed by atoms with Crippen molar-refractivity contribution in [2.45, 2.75) is 43.0 Å². The van der Waals surface area contributed by atoms with Crippen LogP contribution in [0.5, 0.6) is 51.7 Å². The van der Waals surface area contributed by atoms with Gasteiger partial charge in [0, 0.05) is 17.4 Å². The summed E-state index contributed by atoms with van der Waals surface area (Å²) in [6.07, 6.45) is -11.3. The summed E-state index contributed by atoms with van der Waals surface area (Å²) in [5.41, 5.74) is -2.83. The zero-order valence-electron chi connectivity index (χ0n) is 26.8. The molecule has 1 aromatic heterocycles. The number of hydrogen-bond acceptors (Lipinski definition) is 21. The Bertz CT molecular complexity index is 2260. The maximum Gasteiger partial charge on any atom is 0.344 e. The van der Waals surface area contributed by atoms with Gasteiger partial charge in [0.15, 0.2) is 69.7 Å². The number of fused-ring (bicyclic) bond motifs is 3. The van der Waals surface area contributed by atoms with Crippen molar-refractivity contribution in [3.63, 3.8) is 0 Å². The van der Waals surface area contributed by atoms with E-state index in [0.717, 1.165) is 6.07 Å². The molecule has 6 rings (SSSR count). The molecule has 0 bridgehead atoms. The predicted molar refractivity (Wildman–Crippen MR) is 168 cm³/mol. The van der Waals surface area contributed by atoms with Crippen LogP contribution in [0.3, 0.4) is 0 Å². The number of rotatable bonds is 7. The summed E-state index contributed by atoms with van der Waals surface area (Å²) in [5.74, 6) is -16.3. The Morgan fingerprint density at radius 1 is 0.685 bits per heavy atom. The maximum atomic E-state index is 13.4. The molecule has 1 aliphatic heterocycles. The molecule has 21 heteroatoms. The molecular weight excluding hydrogens is 732 g/mol. The third-order valence-corrected chi connectivity index (χ3v) is 8.57. The molecule has 0 amide bonds. The SMILES string of the molecule is O=C(OC1OC(COC(=O)C2CC(=O)c3oc(=O)c4cc(O)c(O)c(O)c4c32)C(O)C(OC(=O)c2cc(O)c(O)c(O)c2)C1O)c1cc(O)c(O)c(O)c1. The van der Waals surface area contributed by atoms with E-state index >= 15 is 0 Å². The van der Waals surface area contributed by atoms with E-state index < -0.39 is 164 Å². The molecule has 2 heterocycles. The number of Topliss-reactive ketones (excluding diaryl/α,β-unsaturated/α-hetero) is 1. The number of phenolic OH excluding ortho intramolecular Hbond substituents is 9.